The Hall–Kier alpha value is -3.16. The van der Waals surface area contributed by atoms with Gasteiger partial charge in [-0.05, 0) is 0 Å². The molecule has 0 bridgehead atoms. The van der Waals surface area contributed by atoms with Crippen molar-refractivity contribution in [3.63, 3.8) is 0 Å². The molecular weight excluding hydrogens is 465 g/mol. The molecule has 2 aliphatic rings. The van der Waals surface area contributed by atoms with Gasteiger partial charge in [0.05, 0.1) is 0 Å². The van der Waals surface area contributed by atoms with Crippen LogP contribution in [0.3, 0.4) is 0 Å². The zero-order valence-electron chi connectivity index (χ0n) is 16.8. The topological polar surface area (TPSA) is 99.6 Å². The van der Waals surface area contributed by atoms with Gasteiger partial charge >= 0.3 is 184 Å². The summed E-state index contributed by atoms with van der Waals surface area (Å²) >= 11 is -0.291. The average molecular weight is 484 g/mol. The maximum atomic E-state index is 13.4. The van der Waals surface area contributed by atoms with Gasteiger partial charge in [-0.15, -0.1) is 0 Å². The number of carbonyl (C=O) groups is 2. The van der Waals surface area contributed by atoms with Crippen LogP contribution in [0.2, 0.25) is 0 Å². The van der Waals surface area contributed by atoms with Gasteiger partial charge in [0.1, 0.15) is 0 Å². The molecule has 1 amide bonds. The number of nitrogens with one attached hydrogen (secondary N) is 1. The van der Waals surface area contributed by atoms with Crippen LogP contribution in [-0.4, -0.2) is 50.0 Å². The van der Waals surface area contributed by atoms with Gasteiger partial charge in [0.25, 0.3) is 0 Å². The molecule has 9 heteroatoms. The third-order valence-electron chi connectivity index (χ3n) is 6.17. The molecule has 1 spiro atoms. The molecule has 31 heavy (non-hydrogen) atoms. The van der Waals surface area contributed by atoms with E-state index in [9.17, 15) is 9.59 Å². The van der Waals surface area contributed by atoms with E-state index in [1.807, 2.05) is 48.5 Å². The Kier molecular flexibility index (Phi) is 4.79. The Labute approximate surface area is 184 Å². The Morgan fingerprint density at radius 1 is 1.00 bits per heavy atom. The number of fused-ring (bicyclic) bond motifs is 1. The van der Waals surface area contributed by atoms with E-state index in [-0.39, 0.29) is 14.7 Å². The van der Waals surface area contributed by atoms with Gasteiger partial charge in [0.2, 0.25) is 0 Å². The first-order chi connectivity index (χ1) is 15.1. The average Bonchev–Trinajstić information content (AvgIpc) is 3.39. The number of carbonyl (C=O) groups excluding carboxylic acids is 2. The number of ether oxygens (including phenoxy) is 2. The van der Waals surface area contributed by atoms with Gasteiger partial charge in [0.15, 0.2) is 0 Å². The summed E-state index contributed by atoms with van der Waals surface area (Å²) in [5.41, 5.74) is 3.41. The number of nitrogens with zero attached hydrogens (tertiary/aromatic N) is 2. The molecule has 1 aliphatic heterocycles. The number of methoxy groups -OCH3 is 2. The second kappa shape index (κ2) is 7.51. The summed E-state index contributed by atoms with van der Waals surface area (Å²) in [6.07, 6.45) is 0.433. The van der Waals surface area contributed by atoms with Crippen molar-refractivity contribution >= 4 is 26.6 Å². The van der Waals surface area contributed by atoms with Gasteiger partial charge in [-0.1, -0.05) is 0 Å². The number of hydrogen-bond acceptors (Lipinski definition) is 7. The molecule has 3 unspecified atom stereocenters. The fourth-order valence-corrected chi connectivity index (χ4v) is 6.53. The number of hydroxylamine groups is 1. The van der Waals surface area contributed by atoms with E-state index in [1.54, 1.807) is 14.2 Å². The minimum absolute atomic E-state index is 0.291. The molecule has 2 heterocycles. The fraction of sp³-hybridized carbons (Fsp3) is 0.273. The summed E-state index contributed by atoms with van der Waals surface area (Å²) in [6, 6.07) is 14.9. The van der Waals surface area contributed by atoms with Crippen LogP contribution in [0.4, 0.5) is 0 Å². The zero-order valence-corrected chi connectivity index (χ0v) is 18.5. The number of hydrogen-bond donors (Lipinski definition) is 1. The first-order valence-electron chi connectivity index (χ1n) is 9.70. The second-order valence-electron chi connectivity index (χ2n) is 7.51. The Morgan fingerprint density at radius 3 is 2.16 bits per heavy atom. The molecule has 1 saturated heterocycles. The number of benzene rings is 2. The number of amides is 1. The van der Waals surface area contributed by atoms with E-state index in [0.29, 0.717) is 17.9 Å². The van der Waals surface area contributed by atoms with Crippen molar-refractivity contribution in [2.45, 2.75) is 18.3 Å². The molecule has 2 aromatic carbocycles. The summed E-state index contributed by atoms with van der Waals surface area (Å²) in [5.74, 6) is -0.616. The van der Waals surface area contributed by atoms with Crippen molar-refractivity contribution in [2.75, 3.05) is 14.2 Å². The molecule has 158 valence electrons. The molecule has 3 aromatic rings. The van der Waals surface area contributed by atoms with Crippen molar-refractivity contribution in [2.24, 2.45) is 5.41 Å². The third kappa shape index (κ3) is 2.88. The Balaban J connectivity index is 1.74. The molecule has 1 aromatic heterocycles. The first-order valence-corrected chi connectivity index (χ1v) is 11.3. The SMILES string of the molecule is COc1ccc(C2Cc3nn[se]c3C(c3ccc(OC)cc3)C23C(=O)NOC3=O)cc1. The van der Waals surface area contributed by atoms with E-state index < -0.39 is 29.1 Å². The number of rotatable bonds is 4. The summed E-state index contributed by atoms with van der Waals surface area (Å²) in [7, 11) is 3.19. The van der Waals surface area contributed by atoms with Crippen LogP contribution < -0.4 is 15.0 Å². The van der Waals surface area contributed by atoms with Crippen molar-refractivity contribution < 1.29 is 23.9 Å². The van der Waals surface area contributed by atoms with Crippen LogP contribution in [0.1, 0.15) is 33.1 Å². The van der Waals surface area contributed by atoms with Crippen LogP contribution in [0.15, 0.2) is 48.5 Å². The molecule has 1 aliphatic carbocycles. The molecule has 0 radical (unpaired) electrons. The second-order valence-corrected chi connectivity index (χ2v) is 9.16. The van der Waals surface area contributed by atoms with E-state index in [2.05, 4.69) is 14.7 Å². The fourth-order valence-electron chi connectivity index (χ4n) is 4.67. The molecule has 1 N–H and O–H groups in total. The van der Waals surface area contributed by atoms with Crippen LogP contribution in [-0.2, 0) is 20.8 Å². The van der Waals surface area contributed by atoms with Gasteiger partial charge < -0.3 is 0 Å². The summed E-state index contributed by atoms with van der Waals surface area (Å²) < 4.78 is 15.8. The molecule has 3 atom stereocenters. The Bertz CT molecular complexity index is 1130. The van der Waals surface area contributed by atoms with Gasteiger partial charge in [-0.25, -0.2) is 0 Å². The van der Waals surface area contributed by atoms with E-state index in [4.69, 9.17) is 14.3 Å². The van der Waals surface area contributed by atoms with Crippen molar-refractivity contribution in [1.82, 2.24) is 14.7 Å². The third-order valence-corrected chi connectivity index (χ3v) is 7.91. The van der Waals surface area contributed by atoms with Gasteiger partial charge in [-0.3, -0.25) is 0 Å². The summed E-state index contributed by atoms with van der Waals surface area (Å²) in [5, 5.41) is 4.38. The van der Waals surface area contributed by atoms with Crippen molar-refractivity contribution in [3.05, 3.63) is 69.8 Å². The van der Waals surface area contributed by atoms with E-state index in [0.717, 1.165) is 21.3 Å². The quantitative estimate of drug-likeness (QED) is 0.444. The maximum absolute atomic E-state index is 13.4. The monoisotopic (exact) mass is 485 g/mol. The predicted molar refractivity (Wildman–Crippen MR) is 110 cm³/mol. The van der Waals surface area contributed by atoms with Gasteiger partial charge in [-0.2, -0.15) is 0 Å². The molecule has 1 fully saturated rings. The van der Waals surface area contributed by atoms with Crippen LogP contribution in [0, 0.1) is 5.41 Å². The normalized spacial score (nSPS) is 24.5. The summed E-state index contributed by atoms with van der Waals surface area (Å²) in [4.78, 5) is 31.8. The van der Waals surface area contributed by atoms with Crippen LogP contribution in [0.5, 0.6) is 11.5 Å². The molecule has 5 rings (SSSR count). The summed E-state index contributed by atoms with van der Waals surface area (Å²) in [6.45, 7) is 0. The minimum atomic E-state index is -1.45. The molecular formula is C22H19N3O5Se. The predicted octanol–water partition coefficient (Wildman–Crippen LogP) is 1.60. The zero-order chi connectivity index (χ0) is 21.6. The van der Waals surface area contributed by atoms with E-state index in [1.165, 1.54) is 0 Å². The first kappa shape index (κ1) is 19.8. The van der Waals surface area contributed by atoms with Crippen LogP contribution >= 0.6 is 0 Å². The van der Waals surface area contributed by atoms with E-state index >= 15 is 0 Å². The van der Waals surface area contributed by atoms with Crippen molar-refractivity contribution in [3.8, 4) is 11.5 Å². The Morgan fingerprint density at radius 2 is 1.61 bits per heavy atom. The number of aromatic nitrogens is 2. The standard InChI is InChI=1S/C22H19N3O5Se/c1-28-14-7-3-12(4-8-14)16-11-17-19(31-25-23-17)18(13-5-9-15(29-2)10-6-13)22(16)20(26)24-30-21(22)27/h3-10,16,18H,11H2,1-2H3,(H,24,26). The van der Waals surface area contributed by atoms with Crippen molar-refractivity contribution in [1.29, 1.82) is 0 Å². The molecule has 8 nitrogen and oxygen atoms in total. The molecule has 0 saturated carbocycles. The van der Waals surface area contributed by atoms with Crippen LogP contribution in [0.25, 0.3) is 0 Å². The van der Waals surface area contributed by atoms with Gasteiger partial charge in [0, 0.05) is 0 Å².